The van der Waals surface area contributed by atoms with E-state index in [0.717, 1.165) is 18.6 Å². The molecule has 1 aliphatic heterocycles. The molecule has 2 N–H and O–H groups in total. The van der Waals surface area contributed by atoms with Gasteiger partial charge in [0.25, 0.3) is 0 Å². The summed E-state index contributed by atoms with van der Waals surface area (Å²) >= 11 is 1.73. The van der Waals surface area contributed by atoms with Gasteiger partial charge in [-0.05, 0) is 18.6 Å². The quantitative estimate of drug-likeness (QED) is 0.420. The van der Waals surface area contributed by atoms with Crippen LogP contribution in [0.25, 0.3) is 0 Å². The molecule has 0 aromatic rings. The zero-order valence-corrected chi connectivity index (χ0v) is 11.5. The van der Waals surface area contributed by atoms with Gasteiger partial charge >= 0.3 is 39.9 Å². The van der Waals surface area contributed by atoms with Crippen molar-refractivity contribution >= 4 is 22.1 Å². The van der Waals surface area contributed by atoms with Gasteiger partial charge < -0.3 is 1.43 Å². The van der Waals surface area contributed by atoms with Crippen LogP contribution >= 0.6 is 11.8 Å². The van der Waals surface area contributed by atoms with Gasteiger partial charge in [-0.25, -0.2) is 0 Å². The second kappa shape index (κ2) is 5.95. The van der Waals surface area contributed by atoms with Crippen molar-refractivity contribution < 1.29 is 44.0 Å². The molecule has 7 heteroatoms. The van der Waals surface area contributed by atoms with Crippen LogP contribution in [0, 0.1) is 0 Å². The first-order chi connectivity index (χ1) is 5.49. The Balaban J connectivity index is 0. The molecule has 1 rings (SSSR count). The maximum Gasteiger partial charge on any atom is 1.00 e. The maximum absolute atomic E-state index is 10.5. The van der Waals surface area contributed by atoms with Gasteiger partial charge in [0, 0.05) is 11.3 Å². The van der Waals surface area contributed by atoms with Crippen LogP contribution in [0.15, 0.2) is 0 Å². The molecule has 74 valence electrons. The van der Waals surface area contributed by atoms with E-state index in [1.165, 1.54) is 0 Å². The van der Waals surface area contributed by atoms with Crippen LogP contribution in [0.1, 0.15) is 21.2 Å². The number of hydrogen-bond acceptors (Lipinski definition) is 3. The van der Waals surface area contributed by atoms with Crippen LogP contribution in [0.4, 0.5) is 0 Å². The number of thioether (sulfide) groups is 1. The summed E-state index contributed by atoms with van der Waals surface area (Å²) < 4.78 is 31.7. The minimum absolute atomic E-state index is 0. The predicted molar refractivity (Wildman–Crippen MR) is 50.7 cm³/mol. The maximum atomic E-state index is 10.5. The Labute approximate surface area is 107 Å². The van der Waals surface area contributed by atoms with Crippen molar-refractivity contribution in [3.63, 3.8) is 0 Å². The van der Waals surface area contributed by atoms with Gasteiger partial charge in [-0.15, -0.1) is 0 Å². The van der Waals surface area contributed by atoms with Crippen molar-refractivity contribution in [3.05, 3.63) is 0 Å². The van der Waals surface area contributed by atoms with Gasteiger partial charge in [-0.3, -0.25) is 4.55 Å². The fraction of sp³-hybridized carbons (Fsp3) is 1.00. The van der Waals surface area contributed by atoms with Gasteiger partial charge in [-0.1, -0.05) is 6.92 Å². The summed E-state index contributed by atoms with van der Waals surface area (Å²) in [6, 6.07) is -0.112. The molecular formula is C6H14NNaO3S2. The fourth-order valence-electron chi connectivity index (χ4n) is 1.27. The molecule has 1 heterocycles. The van der Waals surface area contributed by atoms with E-state index in [-0.39, 0.29) is 42.3 Å². The Kier molecular flexibility index (Phi) is 6.50. The third kappa shape index (κ3) is 5.61. The summed E-state index contributed by atoms with van der Waals surface area (Å²) in [6.45, 7) is 1.96. The van der Waals surface area contributed by atoms with Gasteiger partial charge in [0.1, 0.15) is 0 Å². The van der Waals surface area contributed by atoms with Crippen molar-refractivity contribution in [1.29, 1.82) is 0 Å². The molecule has 0 spiro atoms. The molecule has 2 unspecified atom stereocenters. The molecule has 1 saturated heterocycles. The standard InChI is InChI=1S/C6H13NO3S2.Na.H/c1-5-6(3-2-4-11-5)7-12(8,9)10;;/h5-7H,2-4H2,1H3,(H,8,9,10);;/q;+1;-1. The average molecular weight is 235 g/mol. The van der Waals surface area contributed by atoms with E-state index in [1.807, 2.05) is 6.92 Å². The van der Waals surface area contributed by atoms with Gasteiger partial charge in [0.15, 0.2) is 0 Å². The molecule has 0 amide bonds. The van der Waals surface area contributed by atoms with E-state index in [2.05, 4.69) is 4.72 Å². The van der Waals surface area contributed by atoms with E-state index in [0.29, 0.717) is 0 Å². The summed E-state index contributed by atoms with van der Waals surface area (Å²) in [5.41, 5.74) is 0. The molecule has 4 nitrogen and oxygen atoms in total. The van der Waals surface area contributed by atoms with E-state index < -0.39 is 10.3 Å². The van der Waals surface area contributed by atoms with E-state index in [4.69, 9.17) is 4.55 Å². The van der Waals surface area contributed by atoms with Crippen LogP contribution in [0.2, 0.25) is 0 Å². The Morgan fingerprint density at radius 2 is 2.23 bits per heavy atom. The molecule has 0 saturated carbocycles. The Hall–Kier alpha value is 1.22. The van der Waals surface area contributed by atoms with Crippen molar-refractivity contribution in [2.75, 3.05) is 5.75 Å². The molecule has 0 radical (unpaired) electrons. The van der Waals surface area contributed by atoms with Crippen LogP contribution in [0.5, 0.6) is 0 Å². The minimum Gasteiger partial charge on any atom is -1.00 e. The largest absolute Gasteiger partial charge is 1.00 e. The van der Waals surface area contributed by atoms with E-state index >= 15 is 0 Å². The smallest absolute Gasteiger partial charge is 1.00 e. The summed E-state index contributed by atoms with van der Waals surface area (Å²) in [5.74, 6) is 1.07. The summed E-state index contributed by atoms with van der Waals surface area (Å²) in [7, 11) is -4.02. The Bertz CT molecular complexity index is 249. The van der Waals surface area contributed by atoms with Crippen LogP contribution in [-0.4, -0.2) is 30.0 Å². The van der Waals surface area contributed by atoms with Crippen molar-refractivity contribution in [2.45, 2.75) is 31.1 Å². The average Bonchev–Trinajstić information content (AvgIpc) is 1.91. The first-order valence-electron chi connectivity index (χ1n) is 3.85. The Morgan fingerprint density at radius 3 is 2.69 bits per heavy atom. The molecule has 2 atom stereocenters. The van der Waals surface area contributed by atoms with E-state index in [1.54, 1.807) is 11.8 Å². The molecule has 1 aliphatic rings. The van der Waals surface area contributed by atoms with Gasteiger partial charge in [0.2, 0.25) is 0 Å². The third-order valence-corrected chi connectivity index (χ3v) is 3.89. The van der Waals surface area contributed by atoms with Crippen LogP contribution in [0.3, 0.4) is 0 Å². The molecule has 0 aliphatic carbocycles. The summed E-state index contributed by atoms with van der Waals surface area (Å²) in [4.78, 5) is 0. The normalized spacial score (nSPS) is 29.4. The first kappa shape index (κ1) is 14.2. The molecular weight excluding hydrogens is 221 g/mol. The Morgan fingerprint density at radius 1 is 1.62 bits per heavy atom. The topological polar surface area (TPSA) is 66.4 Å². The zero-order chi connectivity index (χ0) is 9.19. The number of hydrogen-bond donors (Lipinski definition) is 2. The molecule has 0 aromatic carbocycles. The molecule has 0 bridgehead atoms. The minimum atomic E-state index is -4.02. The summed E-state index contributed by atoms with van der Waals surface area (Å²) in [6.07, 6.45) is 1.82. The monoisotopic (exact) mass is 235 g/mol. The number of nitrogens with one attached hydrogen (secondary N) is 1. The van der Waals surface area contributed by atoms with Gasteiger partial charge in [0.05, 0.1) is 0 Å². The van der Waals surface area contributed by atoms with Crippen LogP contribution in [-0.2, 0) is 10.3 Å². The first-order valence-corrected chi connectivity index (χ1v) is 6.34. The number of rotatable bonds is 2. The van der Waals surface area contributed by atoms with Crippen molar-refractivity contribution in [1.82, 2.24) is 4.72 Å². The predicted octanol–water partition coefficient (Wildman–Crippen LogP) is -2.22. The van der Waals surface area contributed by atoms with Crippen molar-refractivity contribution in [2.24, 2.45) is 0 Å². The second-order valence-corrected chi connectivity index (χ2v) is 5.59. The molecule has 1 fully saturated rings. The van der Waals surface area contributed by atoms with Gasteiger partial charge in [-0.2, -0.15) is 24.9 Å². The van der Waals surface area contributed by atoms with Crippen LogP contribution < -0.4 is 34.3 Å². The van der Waals surface area contributed by atoms with Crippen molar-refractivity contribution in [3.8, 4) is 0 Å². The third-order valence-electron chi connectivity index (χ3n) is 1.91. The second-order valence-electron chi connectivity index (χ2n) is 2.92. The SMILES string of the molecule is CC1SCCCC1NS(=O)(=O)O.[H-].[Na+]. The zero-order valence-electron chi connectivity index (χ0n) is 8.86. The fourth-order valence-corrected chi connectivity index (χ4v) is 3.20. The summed E-state index contributed by atoms with van der Waals surface area (Å²) in [5, 5.41) is 0.251. The molecule has 0 aromatic heterocycles. The van der Waals surface area contributed by atoms with E-state index in [9.17, 15) is 8.42 Å². The molecule has 13 heavy (non-hydrogen) atoms.